The number of hydrogen-bond acceptors (Lipinski definition) is 4. The van der Waals surface area contributed by atoms with Gasteiger partial charge in [0.2, 0.25) is 5.91 Å². The fraction of sp³-hybridized carbons (Fsp3) is 0.556. The molecular weight excluding hydrogens is 463 g/mol. The molecule has 6 nitrogen and oxygen atoms in total. The largest absolute Gasteiger partial charge is 0.492 e. The lowest BCUT2D eigenvalue weighted by Gasteiger charge is -2.24. The minimum Gasteiger partial charge on any atom is -0.492 e. The number of anilines is 1. The number of nitrogens with zero attached hydrogens (tertiary/aromatic N) is 1. The molecule has 1 amide bonds. The highest BCUT2D eigenvalue weighted by Crippen LogP contribution is 2.36. The molecule has 0 bridgehead atoms. The van der Waals surface area contributed by atoms with Crippen LogP contribution in [0.3, 0.4) is 0 Å². The maximum Gasteiger partial charge on any atom is 0.221 e. The fourth-order valence-corrected chi connectivity index (χ4v) is 3.92. The molecule has 1 aromatic carbocycles. The van der Waals surface area contributed by atoms with Crippen molar-refractivity contribution < 1.29 is 9.53 Å². The lowest BCUT2D eigenvalue weighted by atomic mass is 10.1. The van der Waals surface area contributed by atoms with Crippen LogP contribution in [0.5, 0.6) is 5.75 Å². The zero-order chi connectivity index (χ0) is 18.1. The maximum absolute atomic E-state index is 11.1. The summed E-state index contributed by atoms with van der Waals surface area (Å²) in [5.41, 5.74) is 0.734. The van der Waals surface area contributed by atoms with Crippen LogP contribution in [0.15, 0.2) is 29.3 Å². The third-order valence-corrected chi connectivity index (χ3v) is 5.51. The van der Waals surface area contributed by atoms with Gasteiger partial charge in [-0.1, -0.05) is 6.07 Å². The van der Waals surface area contributed by atoms with Crippen molar-refractivity contribution in [3.8, 4) is 5.75 Å². The van der Waals surface area contributed by atoms with E-state index in [1.165, 1.54) is 25.5 Å². The van der Waals surface area contributed by atoms with Crippen LogP contribution in [0.1, 0.15) is 26.7 Å². The van der Waals surface area contributed by atoms with Crippen molar-refractivity contribution in [3.05, 3.63) is 24.3 Å². The van der Waals surface area contributed by atoms with Crippen LogP contribution in [0.4, 0.5) is 5.69 Å². The Kier molecular flexibility index (Phi) is 10.1. The van der Waals surface area contributed by atoms with E-state index in [0.717, 1.165) is 23.9 Å². The Morgan fingerprint density at radius 1 is 1.38 bits per heavy atom. The number of rotatable bonds is 7. The molecule has 1 unspecified atom stereocenters. The summed E-state index contributed by atoms with van der Waals surface area (Å²) in [7, 11) is 1.78. The van der Waals surface area contributed by atoms with Crippen molar-refractivity contribution in [1.82, 2.24) is 10.6 Å². The van der Waals surface area contributed by atoms with Crippen molar-refractivity contribution in [3.63, 3.8) is 0 Å². The van der Waals surface area contributed by atoms with Gasteiger partial charge in [-0.25, -0.2) is 0 Å². The summed E-state index contributed by atoms with van der Waals surface area (Å²) in [5, 5.41) is 9.40. The molecule has 0 aliphatic carbocycles. The van der Waals surface area contributed by atoms with Gasteiger partial charge in [0, 0.05) is 37.0 Å². The number of benzene rings is 1. The van der Waals surface area contributed by atoms with Crippen molar-refractivity contribution in [1.29, 1.82) is 0 Å². The number of thioether (sulfide) groups is 1. The highest BCUT2D eigenvalue weighted by atomic mass is 127. The molecular formula is C18H29IN4O2S. The van der Waals surface area contributed by atoms with Crippen molar-refractivity contribution in [2.75, 3.05) is 37.8 Å². The molecule has 1 heterocycles. The number of hydrogen-bond donors (Lipinski definition) is 3. The summed E-state index contributed by atoms with van der Waals surface area (Å²) in [6.45, 7) is 5.86. The molecule has 0 aromatic heterocycles. The fourth-order valence-electron chi connectivity index (χ4n) is 2.67. The van der Waals surface area contributed by atoms with E-state index in [-0.39, 0.29) is 29.9 Å². The zero-order valence-electron chi connectivity index (χ0n) is 15.6. The first kappa shape index (κ1) is 22.9. The number of carbonyl (C=O) groups excluding carboxylic acids is 1. The van der Waals surface area contributed by atoms with Gasteiger partial charge in [-0.05, 0) is 37.7 Å². The quantitative estimate of drug-likeness (QED) is 0.236. The molecule has 146 valence electrons. The van der Waals surface area contributed by atoms with E-state index in [2.05, 4.69) is 27.9 Å². The van der Waals surface area contributed by atoms with Crippen LogP contribution < -0.4 is 20.7 Å². The third kappa shape index (κ3) is 8.03. The monoisotopic (exact) mass is 492 g/mol. The average Bonchev–Trinajstić information content (AvgIpc) is 3.01. The Morgan fingerprint density at radius 3 is 2.85 bits per heavy atom. The molecule has 8 heteroatoms. The van der Waals surface area contributed by atoms with Crippen LogP contribution in [0.25, 0.3) is 0 Å². The van der Waals surface area contributed by atoms with E-state index < -0.39 is 0 Å². The number of halogens is 1. The van der Waals surface area contributed by atoms with Gasteiger partial charge < -0.3 is 20.7 Å². The molecule has 1 atom stereocenters. The second kappa shape index (κ2) is 11.5. The smallest absolute Gasteiger partial charge is 0.221 e. The Morgan fingerprint density at radius 2 is 2.19 bits per heavy atom. The lowest BCUT2D eigenvalue weighted by molar-refractivity contribution is -0.114. The van der Waals surface area contributed by atoms with Gasteiger partial charge in [0.05, 0.1) is 6.54 Å². The summed E-state index contributed by atoms with van der Waals surface area (Å²) >= 11 is 2.03. The highest BCUT2D eigenvalue weighted by Gasteiger charge is 2.29. The van der Waals surface area contributed by atoms with Gasteiger partial charge >= 0.3 is 0 Å². The van der Waals surface area contributed by atoms with Crippen LogP contribution in [0.2, 0.25) is 0 Å². The Bertz CT molecular complexity index is 607. The molecule has 1 saturated heterocycles. The van der Waals surface area contributed by atoms with E-state index in [1.807, 2.05) is 36.0 Å². The summed E-state index contributed by atoms with van der Waals surface area (Å²) in [6.07, 6.45) is 2.54. The van der Waals surface area contributed by atoms with Gasteiger partial charge in [-0.15, -0.1) is 24.0 Å². The molecule has 0 spiro atoms. The Hall–Kier alpha value is -1.16. The van der Waals surface area contributed by atoms with Crippen LogP contribution in [0, 0.1) is 0 Å². The summed E-state index contributed by atoms with van der Waals surface area (Å²) in [6, 6.07) is 7.37. The second-order valence-corrected chi connectivity index (χ2v) is 7.99. The SMILES string of the molecule is CN=C(NCCOc1cccc(NC(C)=O)c1)NCC1(C)CCCS1.I. The van der Waals surface area contributed by atoms with Gasteiger partial charge in [-0.2, -0.15) is 11.8 Å². The summed E-state index contributed by atoms with van der Waals surface area (Å²) in [4.78, 5) is 15.3. The Labute approximate surface area is 177 Å². The summed E-state index contributed by atoms with van der Waals surface area (Å²) in [5.74, 6) is 2.67. The minimum absolute atomic E-state index is 0. The number of aliphatic imine (C=N–C) groups is 1. The van der Waals surface area contributed by atoms with Crippen LogP contribution >= 0.6 is 35.7 Å². The minimum atomic E-state index is -0.0946. The average molecular weight is 492 g/mol. The molecule has 2 rings (SSSR count). The molecule has 3 N–H and O–H groups in total. The molecule has 0 radical (unpaired) electrons. The maximum atomic E-state index is 11.1. The highest BCUT2D eigenvalue weighted by molar-refractivity contribution is 14.0. The van der Waals surface area contributed by atoms with Gasteiger partial charge in [0.25, 0.3) is 0 Å². The lowest BCUT2D eigenvalue weighted by Crippen LogP contribution is -2.44. The van der Waals surface area contributed by atoms with Crippen molar-refractivity contribution in [2.45, 2.75) is 31.4 Å². The van der Waals surface area contributed by atoms with E-state index in [1.54, 1.807) is 7.05 Å². The predicted octanol–water partition coefficient (Wildman–Crippen LogP) is 3.09. The van der Waals surface area contributed by atoms with Crippen LogP contribution in [-0.4, -0.2) is 49.1 Å². The first-order chi connectivity index (χ1) is 12.0. The number of nitrogens with one attached hydrogen (secondary N) is 3. The van der Waals surface area contributed by atoms with Gasteiger partial charge in [0.15, 0.2) is 5.96 Å². The molecule has 0 saturated carbocycles. The van der Waals surface area contributed by atoms with E-state index in [4.69, 9.17) is 4.74 Å². The number of guanidine groups is 1. The number of ether oxygens (including phenoxy) is 1. The normalized spacial score (nSPS) is 19.4. The number of amides is 1. The Balaban J connectivity index is 0.00000338. The zero-order valence-corrected chi connectivity index (χ0v) is 18.8. The first-order valence-corrected chi connectivity index (χ1v) is 9.58. The standard InChI is InChI=1S/C18H28N4O2S.HI/c1-14(23)22-15-6-4-7-16(12-15)24-10-9-20-17(19-3)21-13-18(2)8-5-11-25-18;/h4,6-7,12H,5,8-11,13H2,1-3H3,(H,22,23)(H2,19,20,21);1H. The van der Waals surface area contributed by atoms with E-state index in [0.29, 0.717) is 17.9 Å². The molecule has 1 aliphatic rings. The third-order valence-electron chi connectivity index (χ3n) is 3.97. The van der Waals surface area contributed by atoms with E-state index in [9.17, 15) is 4.79 Å². The van der Waals surface area contributed by atoms with Crippen molar-refractivity contribution >= 4 is 53.3 Å². The van der Waals surface area contributed by atoms with Crippen molar-refractivity contribution in [2.24, 2.45) is 4.99 Å². The second-order valence-electron chi connectivity index (χ2n) is 6.31. The molecule has 1 aliphatic heterocycles. The van der Waals surface area contributed by atoms with Gasteiger partial charge in [-0.3, -0.25) is 9.79 Å². The molecule has 1 aromatic rings. The molecule has 26 heavy (non-hydrogen) atoms. The topological polar surface area (TPSA) is 74.8 Å². The van der Waals surface area contributed by atoms with E-state index >= 15 is 0 Å². The first-order valence-electron chi connectivity index (χ1n) is 8.60. The summed E-state index contributed by atoms with van der Waals surface area (Å²) < 4.78 is 6.02. The predicted molar refractivity (Wildman–Crippen MR) is 121 cm³/mol. The van der Waals surface area contributed by atoms with Gasteiger partial charge in [0.1, 0.15) is 12.4 Å². The molecule has 1 fully saturated rings. The number of carbonyl (C=O) groups is 1. The van der Waals surface area contributed by atoms with Crippen LogP contribution in [-0.2, 0) is 4.79 Å².